The third-order valence-electron chi connectivity index (χ3n) is 5.55. The van der Waals surface area contributed by atoms with Crippen LogP contribution in [-0.2, 0) is 4.79 Å². The second-order valence-corrected chi connectivity index (χ2v) is 9.61. The van der Waals surface area contributed by atoms with Gasteiger partial charge < -0.3 is 14.8 Å². The van der Waals surface area contributed by atoms with Gasteiger partial charge in [-0.3, -0.25) is 4.79 Å². The van der Waals surface area contributed by atoms with Crippen LogP contribution in [0.25, 0.3) is 22.4 Å². The molecule has 0 bridgehead atoms. The lowest BCUT2D eigenvalue weighted by Gasteiger charge is -2.37. The van der Waals surface area contributed by atoms with Gasteiger partial charge in [0, 0.05) is 44.5 Å². The molecule has 0 radical (unpaired) electrons. The van der Waals surface area contributed by atoms with Crippen molar-refractivity contribution >= 4 is 40.5 Å². The molecule has 0 unspecified atom stereocenters. The largest absolute Gasteiger partial charge is 0.340 e. The molecule has 5 rings (SSSR count). The zero-order valence-electron chi connectivity index (χ0n) is 18.9. The number of aryl methyl sites for hydroxylation is 1. The van der Waals surface area contributed by atoms with Crippen LogP contribution < -0.4 is 5.32 Å². The molecule has 33 heavy (non-hydrogen) atoms. The van der Waals surface area contributed by atoms with E-state index in [4.69, 9.17) is 0 Å². The monoisotopic (exact) mass is 463 g/mol. The molecule has 11 heteroatoms. The van der Waals surface area contributed by atoms with Crippen LogP contribution in [0.5, 0.6) is 0 Å². The minimum Gasteiger partial charge on any atom is -0.340 e. The molecule has 1 amide bonds. The van der Waals surface area contributed by atoms with Crippen LogP contribution >= 0.6 is 11.9 Å². The van der Waals surface area contributed by atoms with E-state index in [1.54, 1.807) is 37.5 Å². The molecule has 1 aliphatic heterocycles. The molecule has 0 spiro atoms. The first-order chi connectivity index (χ1) is 15.9. The minimum atomic E-state index is 0.114. The van der Waals surface area contributed by atoms with Gasteiger partial charge in [-0.2, -0.15) is 5.10 Å². The van der Waals surface area contributed by atoms with E-state index >= 15 is 0 Å². The summed E-state index contributed by atoms with van der Waals surface area (Å²) in [5.74, 6) is 3.00. The highest BCUT2D eigenvalue weighted by atomic mass is 32.2. The number of rotatable bonds is 6. The SMILES string of the molecule is CC(=O)N1CC(Sn2cc(-c3nccc(Nc4cc5c(cn4)nc(C)n5C(C)C)n3)cn2)C1. The van der Waals surface area contributed by atoms with Gasteiger partial charge in [0.25, 0.3) is 0 Å². The highest BCUT2D eigenvalue weighted by Crippen LogP contribution is 2.26. The van der Waals surface area contributed by atoms with E-state index in [0.29, 0.717) is 28.8 Å². The first-order valence-corrected chi connectivity index (χ1v) is 11.6. The van der Waals surface area contributed by atoms with Gasteiger partial charge in [0.1, 0.15) is 23.0 Å². The Bertz CT molecular complexity index is 1320. The van der Waals surface area contributed by atoms with Gasteiger partial charge in [-0.1, -0.05) is 0 Å². The Morgan fingerprint density at radius 1 is 1.18 bits per heavy atom. The third-order valence-corrected chi connectivity index (χ3v) is 6.56. The molecule has 1 N–H and O–H groups in total. The average molecular weight is 464 g/mol. The van der Waals surface area contributed by atoms with E-state index in [9.17, 15) is 4.79 Å². The summed E-state index contributed by atoms with van der Waals surface area (Å²) in [4.78, 5) is 31.3. The maximum atomic E-state index is 11.4. The van der Waals surface area contributed by atoms with Crippen LogP contribution in [0, 0.1) is 6.92 Å². The number of anilines is 2. The number of fused-ring (bicyclic) bond motifs is 1. The van der Waals surface area contributed by atoms with E-state index in [1.807, 2.05) is 34.2 Å². The molecule has 4 aromatic rings. The number of aromatic nitrogens is 7. The maximum absolute atomic E-state index is 11.4. The molecule has 1 fully saturated rings. The Morgan fingerprint density at radius 3 is 2.76 bits per heavy atom. The van der Waals surface area contributed by atoms with Crippen molar-refractivity contribution in [3.63, 3.8) is 0 Å². The molecule has 0 aliphatic carbocycles. The quantitative estimate of drug-likeness (QED) is 0.463. The third kappa shape index (κ3) is 4.28. The lowest BCUT2D eigenvalue weighted by atomic mass is 10.2. The van der Waals surface area contributed by atoms with Crippen molar-refractivity contribution in [3.8, 4) is 11.4 Å². The molecule has 1 aliphatic rings. The number of nitrogens with zero attached hydrogens (tertiary/aromatic N) is 8. The maximum Gasteiger partial charge on any atom is 0.219 e. The molecule has 0 aromatic carbocycles. The fraction of sp³-hybridized carbons (Fsp3) is 0.364. The van der Waals surface area contributed by atoms with E-state index in [-0.39, 0.29) is 5.91 Å². The summed E-state index contributed by atoms with van der Waals surface area (Å²) in [7, 11) is 0. The molecular weight excluding hydrogens is 438 g/mol. The van der Waals surface area contributed by atoms with Crippen LogP contribution in [-0.4, -0.2) is 62.8 Å². The molecule has 10 nitrogen and oxygen atoms in total. The Kier molecular flexibility index (Phi) is 5.49. The number of amides is 1. The normalized spacial score (nSPS) is 14.2. The highest BCUT2D eigenvalue weighted by Gasteiger charge is 2.30. The van der Waals surface area contributed by atoms with Crippen molar-refractivity contribution in [1.29, 1.82) is 0 Å². The summed E-state index contributed by atoms with van der Waals surface area (Å²) in [6.45, 7) is 9.38. The van der Waals surface area contributed by atoms with Crippen molar-refractivity contribution in [2.24, 2.45) is 0 Å². The second-order valence-electron chi connectivity index (χ2n) is 8.35. The predicted molar refractivity (Wildman–Crippen MR) is 128 cm³/mol. The van der Waals surface area contributed by atoms with Crippen molar-refractivity contribution in [2.75, 3.05) is 18.4 Å². The molecule has 1 saturated heterocycles. The predicted octanol–water partition coefficient (Wildman–Crippen LogP) is 3.44. The van der Waals surface area contributed by atoms with Gasteiger partial charge in [-0.05, 0) is 38.8 Å². The van der Waals surface area contributed by atoms with Crippen LogP contribution in [0.3, 0.4) is 0 Å². The fourth-order valence-electron chi connectivity index (χ4n) is 3.93. The summed E-state index contributed by atoms with van der Waals surface area (Å²) in [6.07, 6.45) is 7.16. The Hall–Kier alpha value is -3.47. The van der Waals surface area contributed by atoms with Gasteiger partial charge in [-0.15, -0.1) is 0 Å². The van der Waals surface area contributed by atoms with Crippen LogP contribution in [0.2, 0.25) is 0 Å². The number of hydrogen-bond acceptors (Lipinski definition) is 8. The van der Waals surface area contributed by atoms with Crippen molar-refractivity contribution in [2.45, 2.75) is 39.0 Å². The standard InChI is InChI=1S/C22H25N9OS/c1-13(2)31-14(3)26-18-9-24-21(7-19(18)31)27-20-5-6-23-22(28-20)16-8-25-30(10-16)33-17-11-29(12-17)15(4)32/h5-10,13,17H,11-12H2,1-4H3,(H,23,24,27,28). The van der Waals surface area contributed by atoms with E-state index in [0.717, 1.165) is 35.5 Å². The molecule has 0 saturated carbocycles. The molecule has 4 aromatic heterocycles. The topological polar surface area (TPSA) is 107 Å². The number of likely N-dealkylation sites (tertiary alicyclic amines) is 1. The lowest BCUT2D eigenvalue weighted by molar-refractivity contribution is -0.131. The van der Waals surface area contributed by atoms with Gasteiger partial charge in [0.15, 0.2) is 5.82 Å². The smallest absolute Gasteiger partial charge is 0.219 e. The second kappa shape index (κ2) is 8.47. The van der Waals surface area contributed by atoms with Crippen molar-refractivity contribution in [3.05, 3.63) is 42.7 Å². The molecule has 5 heterocycles. The first kappa shape index (κ1) is 21.4. The molecule has 170 valence electrons. The van der Waals surface area contributed by atoms with E-state index in [2.05, 4.69) is 48.8 Å². The summed E-state index contributed by atoms with van der Waals surface area (Å²) in [6, 6.07) is 4.11. The van der Waals surface area contributed by atoms with Gasteiger partial charge >= 0.3 is 0 Å². The summed E-state index contributed by atoms with van der Waals surface area (Å²) < 4.78 is 4.00. The number of pyridine rings is 1. The lowest BCUT2D eigenvalue weighted by Crippen LogP contribution is -2.51. The van der Waals surface area contributed by atoms with E-state index < -0.39 is 0 Å². The number of carbonyl (C=O) groups is 1. The zero-order chi connectivity index (χ0) is 23.1. The number of nitrogens with one attached hydrogen (secondary N) is 1. The summed E-state index contributed by atoms with van der Waals surface area (Å²) in [5.41, 5.74) is 2.73. The summed E-state index contributed by atoms with van der Waals surface area (Å²) in [5, 5.41) is 8.04. The zero-order valence-corrected chi connectivity index (χ0v) is 19.7. The van der Waals surface area contributed by atoms with Gasteiger partial charge in [-0.25, -0.2) is 24.0 Å². The van der Waals surface area contributed by atoms with Crippen molar-refractivity contribution < 1.29 is 4.79 Å². The first-order valence-electron chi connectivity index (χ1n) is 10.8. The Labute approximate surface area is 195 Å². The minimum absolute atomic E-state index is 0.114. The highest BCUT2D eigenvalue weighted by molar-refractivity contribution is 7.98. The van der Waals surface area contributed by atoms with Crippen LogP contribution in [0.1, 0.15) is 32.6 Å². The fourth-order valence-corrected chi connectivity index (χ4v) is 5.01. The van der Waals surface area contributed by atoms with Gasteiger partial charge in [0.2, 0.25) is 5.91 Å². The number of hydrogen-bond donors (Lipinski definition) is 1. The molecular formula is C22H25N9OS. The average Bonchev–Trinajstić information content (AvgIpc) is 3.33. The van der Waals surface area contributed by atoms with Gasteiger partial charge in [0.05, 0.1) is 28.7 Å². The Balaban J connectivity index is 1.32. The molecule has 0 atom stereocenters. The van der Waals surface area contributed by atoms with Crippen LogP contribution in [0.15, 0.2) is 36.9 Å². The van der Waals surface area contributed by atoms with Crippen LogP contribution in [0.4, 0.5) is 11.6 Å². The summed E-state index contributed by atoms with van der Waals surface area (Å²) >= 11 is 1.60. The Morgan fingerprint density at radius 2 is 2.00 bits per heavy atom. The van der Waals surface area contributed by atoms with E-state index in [1.165, 1.54) is 0 Å². The van der Waals surface area contributed by atoms with Crippen molar-refractivity contribution in [1.82, 2.24) is 38.6 Å². The number of carbonyl (C=O) groups excluding carboxylic acids is 1. The number of imidazole rings is 1.